The summed E-state index contributed by atoms with van der Waals surface area (Å²) in [4.78, 5) is 0. The molecule has 4 bridgehead atoms. The summed E-state index contributed by atoms with van der Waals surface area (Å²) in [5.74, 6) is 4.17. The van der Waals surface area contributed by atoms with Gasteiger partial charge in [-0.25, -0.2) is 0 Å². The lowest BCUT2D eigenvalue weighted by molar-refractivity contribution is 0.0695. The SMILES string of the molecule is IC1C2CC3C(I)C1CC(C2I)C3I. The first kappa shape index (κ1) is 12.0. The second kappa shape index (κ2) is 4.24. The summed E-state index contributed by atoms with van der Waals surface area (Å²) in [6, 6.07) is 0. The van der Waals surface area contributed by atoms with Crippen molar-refractivity contribution in [2.24, 2.45) is 23.7 Å². The van der Waals surface area contributed by atoms with Gasteiger partial charge in [-0.05, 0) is 36.5 Å². The highest BCUT2D eigenvalue weighted by Crippen LogP contribution is 2.62. The summed E-state index contributed by atoms with van der Waals surface area (Å²) < 4.78 is 3.92. The molecule has 0 N–H and O–H groups in total. The Hall–Kier alpha value is 2.92. The molecule has 4 fully saturated rings. The average molecular weight is 640 g/mol. The van der Waals surface area contributed by atoms with E-state index < -0.39 is 0 Å². The molecule has 0 aromatic carbocycles. The van der Waals surface area contributed by atoms with Crippen LogP contribution in [-0.4, -0.2) is 15.7 Å². The van der Waals surface area contributed by atoms with Crippen molar-refractivity contribution >= 4 is 90.4 Å². The van der Waals surface area contributed by atoms with Gasteiger partial charge in [0.2, 0.25) is 0 Å². The van der Waals surface area contributed by atoms with E-state index in [0.29, 0.717) is 0 Å². The number of hydrogen-bond acceptors (Lipinski definition) is 0. The molecule has 0 nitrogen and oxygen atoms in total. The Labute approximate surface area is 140 Å². The van der Waals surface area contributed by atoms with E-state index in [4.69, 9.17) is 0 Å². The van der Waals surface area contributed by atoms with Gasteiger partial charge in [0.1, 0.15) is 0 Å². The van der Waals surface area contributed by atoms with Gasteiger partial charge in [-0.2, -0.15) is 0 Å². The molecule has 0 heterocycles. The largest absolute Gasteiger partial charge is 0.0819 e. The van der Waals surface area contributed by atoms with E-state index in [2.05, 4.69) is 90.4 Å². The minimum absolute atomic E-state index is 0.979. The molecular weight excluding hydrogens is 628 g/mol. The standard InChI is InChI=1S/C10H12I4/c11-7-3-1-4-9(13)5(7)2-6(8(3)12)10(4)14/h3-10H,1-2H2. The summed E-state index contributed by atoms with van der Waals surface area (Å²) in [6.07, 6.45) is 3.05. The number of hydrogen-bond donors (Lipinski definition) is 0. The topological polar surface area (TPSA) is 0 Å². The van der Waals surface area contributed by atoms with Gasteiger partial charge in [0, 0.05) is 15.7 Å². The van der Waals surface area contributed by atoms with Gasteiger partial charge in [0.05, 0.1) is 0 Å². The van der Waals surface area contributed by atoms with Crippen molar-refractivity contribution in [2.75, 3.05) is 0 Å². The van der Waals surface area contributed by atoms with Crippen LogP contribution in [0, 0.1) is 23.7 Å². The van der Waals surface area contributed by atoms with Crippen LogP contribution in [0.25, 0.3) is 0 Å². The Balaban J connectivity index is 1.98. The zero-order valence-electron chi connectivity index (χ0n) is 7.54. The highest BCUT2D eigenvalue weighted by atomic mass is 127. The van der Waals surface area contributed by atoms with Crippen LogP contribution in [0.15, 0.2) is 0 Å². The minimum Gasteiger partial charge on any atom is -0.0819 e. The average Bonchev–Trinajstić information content (AvgIpc) is 2.13. The van der Waals surface area contributed by atoms with Crippen molar-refractivity contribution in [2.45, 2.75) is 28.5 Å². The van der Waals surface area contributed by atoms with Crippen LogP contribution in [0.4, 0.5) is 0 Å². The fraction of sp³-hybridized carbons (Fsp3) is 1.00. The Morgan fingerprint density at radius 1 is 0.500 bits per heavy atom. The maximum atomic E-state index is 2.75. The van der Waals surface area contributed by atoms with Crippen molar-refractivity contribution in [3.05, 3.63) is 0 Å². The Kier molecular flexibility index (Phi) is 3.63. The molecule has 0 aromatic heterocycles. The normalized spacial score (nSPS) is 66.0. The van der Waals surface area contributed by atoms with Crippen molar-refractivity contribution in [1.82, 2.24) is 0 Å². The second-order valence-corrected chi connectivity index (χ2v) is 10.7. The third-order valence-electron chi connectivity index (χ3n) is 4.36. The molecule has 80 valence electrons. The lowest BCUT2D eigenvalue weighted by Crippen LogP contribution is -2.61. The maximum Gasteiger partial charge on any atom is 0.0187 e. The van der Waals surface area contributed by atoms with E-state index in [1.54, 1.807) is 0 Å². The smallest absolute Gasteiger partial charge is 0.0187 e. The van der Waals surface area contributed by atoms with Crippen molar-refractivity contribution < 1.29 is 0 Å². The first-order chi connectivity index (χ1) is 6.61. The van der Waals surface area contributed by atoms with Crippen LogP contribution in [0.3, 0.4) is 0 Å². The molecule has 4 rings (SSSR count). The second-order valence-electron chi connectivity index (χ2n) is 4.90. The van der Waals surface area contributed by atoms with Crippen LogP contribution in [0.2, 0.25) is 0 Å². The molecule has 0 atom stereocenters. The summed E-state index contributed by atoms with van der Waals surface area (Å²) >= 11 is 11.0. The lowest BCUT2D eigenvalue weighted by Gasteiger charge is -2.60. The van der Waals surface area contributed by atoms with Crippen LogP contribution >= 0.6 is 90.4 Å². The molecule has 4 saturated carbocycles. The van der Waals surface area contributed by atoms with Gasteiger partial charge in [-0.1, -0.05) is 90.4 Å². The summed E-state index contributed by atoms with van der Waals surface area (Å²) in [6.45, 7) is 0. The van der Waals surface area contributed by atoms with Gasteiger partial charge in [0.15, 0.2) is 0 Å². The summed E-state index contributed by atoms with van der Waals surface area (Å²) in [7, 11) is 0. The molecule has 0 unspecified atom stereocenters. The molecule has 4 aliphatic carbocycles. The molecule has 14 heavy (non-hydrogen) atoms. The first-order valence-corrected chi connectivity index (χ1v) is 10.2. The number of halogens is 4. The predicted octanol–water partition coefficient (Wildman–Crippen LogP) is 4.49. The molecule has 0 radical (unpaired) electrons. The van der Waals surface area contributed by atoms with E-state index >= 15 is 0 Å². The van der Waals surface area contributed by atoms with E-state index in [1.807, 2.05) is 0 Å². The van der Waals surface area contributed by atoms with Gasteiger partial charge in [0.25, 0.3) is 0 Å². The predicted molar refractivity (Wildman–Crippen MR) is 94.4 cm³/mol. The quantitative estimate of drug-likeness (QED) is 0.271. The molecule has 4 heteroatoms. The molecule has 0 spiro atoms. The van der Waals surface area contributed by atoms with E-state index in [9.17, 15) is 0 Å². The van der Waals surface area contributed by atoms with Gasteiger partial charge in [-0.15, -0.1) is 0 Å². The third-order valence-corrected chi connectivity index (χ3v) is 11.8. The van der Waals surface area contributed by atoms with Gasteiger partial charge >= 0.3 is 0 Å². The minimum atomic E-state index is 0.979. The summed E-state index contributed by atoms with van der Waals surface area (Å²) in [5, 5.41) is 0. The van der Waals surface area contributed by atoms with Gasteiger partial charge < -0.3 is 0 Å². The Morgan fingerprint density at radius 2 is 0.714 bits per heavy atom. The van der Waals surface area contributed by atoms with E-state index in [1.165, 1.54) is 12.8 Å². The highest BCUT2D eigenvalue weighted by molar-refractivity contribution is 14.1. The van der Waals surface area contributed by atoms with Crippen molar-refractivity contribution in [3.63, 3.8) is 0 Å². The fourth-order valence-electron chi connectivity index (χ4n) is 3.64. The molecule has 0 amide bonds. The molecule has 0 aliphatic heterocycles. The maximum absolute atomic E-state index is 2.75. The van der Waals surface area contributed by atoms with E-state index in [-0.39, 0.29) is 0 Å². The zero-order valence-corrected chi connectivity index (χ0v) is 16.2. The van der Waals surface area contributed by atoms with Crippen LogP contribution in [-0.2, 0) is 0 Å². The highest BCUT2D eigenvalue weighted by Gasteiger charge is 2.59. The zero-order chi connectivity index (χ0) is 10.0. The Bertz CT molecular complexity index is 191. The van der Waals surface area contributed by atoms with Crippen LogP contribution < -0.4 is 0 Å². The lowest BCUT2D eigenvalue weighted by atomic mass is 9.56. The summed E-state index contributed by atoms with van der Waals surface area (Å²) in [5.41, 5.74) is 0. The van der Waals surface area contributed by atoms with Crippen LogP contribution in [0.1, 0.15) is 12.8 Å². The molecular formula is C10H12I4. The Morgan fingerprint density at radius 3 is 0.929 bits per heavy atom. The molecule has 0 saturated heterocycles. The van der Waals surface area contributed by atoms with E-state index in [0.717, 1.165) is 39.4 Å². The van der Waals surface area contributed by atoms with Crippen molar-refractivity contribution in [1.29, 1.82) is 0 Å². The van der Waals surface area contributed by atoms with Gasteiger partial charge in [-0.3, -0.25) is 0 Å². The number of rotatable bonds is 0. The fourth-order valence-corrected chi connectivity index (χ4v) is 12.7. The number of alkyl halides is 4. The third kappa shape index (κ3) is 1.57. The molecule has 0 aromatic rings. The van der Waals surface area contributed by atoms with Crippen molar-refractivity contribution in [3.8, 4) is 0 Å². The molecule has 4 aliphatic rings. The first-order valence-electron chi connectivity index (χ1n) is 5.17. The van der Waals surface area contributed by atoms with Crippen LogP contribution in [0.5, 0.6) is 0 Å². The monoisotopic (exact) mass is 640 g/mol.